The van der Waals surface area contributed by atoms with Gasteiger partial charge in [-0.3, -0.25) is 9.59 Å². The van der Waals surface area contributed by atoms with Crippen molar-refractivity contribution in [2.45, 2.75) is 44.6 Å². The van der Waals surface area contributed by atoms with Gasteiger partial charge in [-0.2, -0.15) is 0 Å². The molecular formula is C29H27Cl2NO3S2. The first kappa shape index (κ1) is 27.4. The molecule has 0 spiro atoms. The highest BCUT2D eigenvalue weighted by atomic mass is 35.5. The maximum absolute atomic E-state index is 12.0. The van der Waals surface area contributed by atoms with Gasteiger partial charge in [0.2, 0.25) is 5.91 Å². The van der Waals surface area contributed by atoms with E-state index in [1.807, 2.05) is 66.7 Å². The van der Waals surface area contributed by atoms with Crippen molar-refractivity contribution < 1.29 is 14.7 Å². The summed E-state index contributed by atoms with van der Waals surface area (Å²) in [4.78, 5) is 26.8. The molecule has 0 aliphatic heterocycles. The molecule has 2 heterocycles. The highest BCUT2D eigenvalue weighted by Crippen LogP contribution is 2.30. The number of rotatable bonds is 7. The molecule has 37 heavy (non-hydrogen) atoms. The van der Waals surface area contributed by atoms with Crippen molar-refractivity contribution in [2.75, 3.05) is 0 Å². The fourth-order valence-electron chi connectivity index (χ4n) is 4.14. The third kappa shape index (κ3) is 8.44. The van der Waals surface area contributed by atoms with Gasteiger partial charge in [0.05, 0.1) is 12.8 Å². The van der Waals surface area contributed by atoms with Crippen LogP contribution in [0.5, 0.6) is 0 Å². The summed E-state index contributed by atoms with van der Waals surface area (Å²) < 4.78 is 0. The molecule has 4 nitrogen and oxygen atoms in total. The van der Waals surface area contributed by atoms with Crippen LogP contribution in [0.1, 0.15) is 35.4 Å². The predicted molar refractivity (Wildman–Crippen MR) is 155 cm³/mol. The Morgan fingerprint density at radius 3 is 1.65 bits per heavy atom. The summed E-state index contributed by atoms with van der Waals surface area (Å²) in [5.74, 6) is -0.657. The number of hydrogen-bond acceptors (Lipinski definition) is 4. The summed E-state index contributed by atoms with van der Waals surface area (Å²) in [6, 6.07) is 23.6. The second kappa shape index (κ2) is 13.2. The number of halogens is 2. The van der Waals surface area contributed by atoms with Gasteiger partial charge in [-0.15, -0.1) is 22.7 Å². The van der Waals surface area contributed by atoms with Gasteiger partial charge in [-0.25, -0.2) is 0 Å². The number of benzene rings is 2. The monoisotopic (exact) mass is 571 g/mol. The summed E-state index contributed by atoms with van der Waals surface area (Å²) in [6.45, 7) is 0. The summed E-state index contributed by atoms with van der Waals surface area (Å²) in [5.41, 5.74) is 2.21. The lowest BCUT2D eigenvalue weighted by Gasteiger charge is -2.10. The minimum atomic E-state index is -0.801. The largest absolute Gasteiger partial charge is 0.481 e. The Labute approximate surface area is 234 Å². The van der Waals surface area contributed by atoms with Crippen molar-refractivity contribution in [2.24, 2.45) is 0 Å². The highest BCUT2D eigenvalue weighted by molar-refractivity contribution is 7.15. The smallest absolute Gasteiger partial charge is 0.308 e. The van der Waals surface area contributed by atoms with Gasteiger partial charge in [0.15, 0.2) is 0 Å². The van der Waals surface area contributed by atoms with Crippen molar-refractivity contribution in [3.63, 3.8) is 0 Å². The van der Waals surface area contributed by atoms with E-state index in [1.54, 1.807) is 11.3 Å². The fraction of sp³-hybridized carbons (Fsp3) is 0.241. The number of carboxylic acids is 1. The van der Waals surface area contributed by atoms with Crippen LogP contribution in [-0.2, 0) is 22.4 Å². The lowest BCUT2D eigenvalue weighted by molar-refractivity contribution is -0.136. The molecule has 5 rings (SSSR count). The average Bonchev–Trinajstić information content (AvgIpc) is 3.63. The van der Waals surface area contributed by atoms with E-state index < -0.39 is 5.97 Å². The van der Waals surface area contributed by atoms with Crippen molar-refractivity contribution in [3.8, 4) is 20.9 Å². The fourth-order valence-corrected chi connectivity index (χ4v) is 6.41. The molecule has 1 aliphatic rings. The molecule has 0 bridgehead atoms. The number of aliphatic carboxylic acids is 1. The lowest BCUT2D eigenvalue weighted by atomic mass is 10.2. The molecule has 4 aromatic rings. The van der Waals surface area contributed by atoms with E-state index in [9.17, 15) is 9.59 Å². The average molecular weight is 573 g/mol. The van der Waals surface area contributed by atoms with E-state index in [-0.39, 0.29) is 12.3 Å². The Kier molecular flexibility index (Phi) is 9.81. The Morgan fingerprint density at radius 2 is 1.19 bits per heavy atom. The number of amides is 1. The summed E-state index contributed by atoms with van der Waals surface area (Å²) in [7, 11) is 0. The van der Waals surface area contributed by atoms with Gasteiger partial charge in [-0.05, 0) is 72.5 Å². The first-order valence-electron chi connectivity index (χ1n) is 12.1. The second-order valence-corrected chi connectivity index (χ2v) is 12.1. The predicted octanol–water partition coefficient (Wildman–Crippen LogP) is 8.37. The minimum absolute atomic E-state index is 0.0816. The zero-order chi connectivity index (χ0) is 26.2. The third-order valence-corrected chi connectivity index (χ3v) is 8.73. The van der Waals surface area contributed by atoms with Crippen LogP contribution in [0.4, 0.5) is 0 Å². The highest BCUT2D eigenvalue weighted by Gasteiger charge is 2.17. The maximum atomic E-state index is 12.0. The molecule has 8 heteroatoms. The molecular weight excluding hydrogens is 545 g/mol. The van der Waals surface area contributed by atoms with Crippen molar-refractivity contribution in [3.05, 3.63) is 92.6 Å². The van der Waals surface area contributed by atoms with Crippen LogP contribution in [0, 0.1) is 0 Å². The normalized spacial score (nSPS) is 13.1. The van der Waals surface area contributed by atoms with Crippen molar-refractivity contribution in [1.29, 1.82) is 0 Å². The quantitative estimate of drug-likeness (QED) is 0.234. The molecule has 192 valence electrons. The van der Waals surface area contributed by atoms with Crippen LogP contribution in [0.15, 0.2) is 72.8 Å². The molecule has 0 atom stereocenters. The van der Waals surface area contributed by atoms with Crippen LogP contribution in [0.3, 0.4) is 0 Å². The minimum Gasteiger partial charge on any atom is -0.481 e. The number of carboxylic acid groups (broad SMARTS) is 1. The molecule has 1 fully saturated rings. The zero-order valence-electron chi connectivity index (χ0n) is 20.1. The number of thiophene rings is 2. The number of nitrogens with one attached hydrogen (secondary N) is 1. The molecule has 1 saturated carbocycles. The van der Waals surface area contributed by atoms with E-state index in [2.05, 4.69) is 11.4 Å². The Balaban J connectivity index is 0.000000180. The standard InChI is InChI=1S/C17H18ClNOS.C12H9ClO2S/c18-13-7-5-12(6-8-13)16-10-9-15(21-16)11-17(20)19-14-3-1-2-4-14;13-9-3-1-8(2-4-9)11-6-5-10(16-11)7-12(14)15/h5-10,14H,1-4,11H2,(H,19,20);1-6H,7H2,(H,14,15). The van der Waals surface area contributed by atoms with E-state index in [0.29, 0.717) is 17.5 Å². The third-order valence-electron chi connectivity index (χ3n) is 5.96. The SMILES string of the molecule is O=C(Cc1ccc(-c2ccc(Cl)cc2)s1)NC1CCCC1.O=C(O)Cc1ccc(-c2ccc(Cl)cc2)s1. The molecule has 2 N–H and O–H groups in total. The van der Waals surface area contributed by atoms with Crippen LogP contribution in [0.25, 0.3) is 20.9 Å². The van der Waals surface area contributed by atoms with Crippen LogP contribution >= 0.6 is 45.9 Å². The Hall–Kier alpha value is -2.64. The van der Waals surface area contributed by atoms with Gasteiger partial charge in [0, 0.05) is 35.6 Å². The number of hydrogen-bond donors (Lipinski definition) is 2. The van der Waals surface area contributed by atoms with Gasteiger partial charge in [-0.1, -0.05) is 60.3 Å². The Bertz CT molecular complexity index is 1320. The Morgan fingerprint density at radius 1 is 0.730 bits per heavy atom. The molecule has 1 aliphatic carbocycles. The summed E-state index contributed by atoms with van der Waals surface area (Å²) >= 11 is 14.9. The van der Waals surface area contributed by atoms with Crippen LogP contribution < -0.4 is 5.32 Å². The molecule has 2 aromatic carbocycles. The van der Waals surface area contributed by atoms with Crippen LogP contribution in [-0.4, -0.2) is 23.0 Å². The second-order valence-electron chi connectivity index (χ2n) is 8.84. The molecule has 1 amide bonds. The summed E-state index contributed by atoms with van der Waals surface area (Å²) in [5, 5.41) is 13.2. The van der Waals surface area contributed by atoms with Gasteiger partial charge in [0.1, 0.15) is 0 Å². The van der Waals surface area contributed by atoms with E-state index in [0.717, 1.165) is 43.6 Å². The molecule has 0 radical (unpaired) electrons. The maximum Gasteiger partial charge on any atom is 0.308 e. The first-order chi connectivity index (χ1) is 17.9. The summed E-state index contributed by atoms with van der Waals surface area (Å²) in [6.07, 6.45) is 5.31. The van der Waals surface area contributed by atoms with Gasteiger partial charge >= 0.3 is 5.97 Å². The number of carbonyl (C=O) groups is 2. The van der Waals surface area contributed by atoms with Crippen molar-refractivity contribution in [1.82, 2.24) is 5.32 Å². The van der Waals surface area contributed by atoms with E-state index in [4.69, 9.17) is 28.3 Å². The first-order valence-corrected chi connectivity index (χ1v) is 14.4. The van der Waals surface area contributed by atoms with E-state index >= 15 is 0 Å². The lowest BCUT2D eigenvalue weighted by Crippen LogP contribution is -2.33. The van der Waals surface area contributed by atoms with Gasteiger partial charge < -0.3 is 10.4 Å². The molecule has 0 saturated heterocycles. The topological polar surface area (TPSA) is 66.4 Å². The van der Waals surface area contributed by atoms with Crippen LogP contribution in [0.2, 0.25) is 10.0 Å². The van der Waals surface area contributed by atoms with Crippen molar-refractivity contribution >= 4 is 57.8 Å². The zero-order valence-corrected chi connectivity index (χ0v) is 23.2. The number of carbonyl (C=O) groups excluding carboxylic acids is 1. The molecule has 2 aromatic heterocycles. The molecule has 0 unspecified atom stereocenters. The van der Waals surface area contributed by atoms with E-state index in [1.165, 1.54) is 29.1 Å². The van der Waals surface area contributed by atoms with Gasteiger partial charge in [0.25, 0.3) is 0 Å².